The maximum atomic E-state index is 6.18. The van der Waals surface area contributed by atoms with Gasteiger partial charge in [-0.15, -0.1) is 0 Å². The van der Waals surface area contributed by atoms with Crippen molar-refractivity contribution in [1.29, 1.82) is 0 Å². The van der Waals surface area contributed by atoms with E-state index in [4.69, 9.17) is 4.65 Å². The van der Waals surface area contributed by atoms with E-state index >= 15 is 0 Å². The minimum absolute atomic E-state index is 0.0360. The van der Waals surface area contributed by atoms with Gasteiger partial charge in [-0.3, -0.25) is 4.98 Å². The van der Waals surface area contributed by atoms with Crippen molar-refractivity contribution < 1.29 is 4.65 Å². The highest BCUT2D eigenvalue weighted by atomic mass is 16.4. The molecule has 0 spiro atoms. The molecule has 1 aromatic heterocycles. The SMILES string of the molecule is c1ccc(B(OCCc2ccccn2)c2ccccc2)cc1. The zero-order valence-corrected chi connectivity index (χ0v) is 12.4. The lowest BCUT2D eigenvalue weighted by molar-refractivity contribution is 0.336. The zero-order valence-electron chi connectivity index (χ0n) is 12.4. The van der Waals surface area contributed by atoms with E-state index in [0.29, 0.717) is 6.61 Å². The van der Waals surface area contributed by atoms with Gasteiger partial charge in [-0.1, -0.05) is 66.7 Å². The van der Waals surface area contributed by atoms with Crippen LogP contribution in [-0.2, 0) is 11.1 Å². The molecule has 2 nitrogen and oxygen atoms in total. The second kappa shape index (κ2) is 7.57. The molecular weight excluding hydrogens is 269 g/mol. The molecule has 0 atom stereocenters. The molecule has 0 aliphatic carbocycles. The third-order valence-corrected chi connectivity index (χ3v) is 3.57. The van der Waals surface area contributed by atoms with E-state index in [0.717, 1.165) is 12.1 Å². The summed E-state index contributed by atoms with van der Waals surface area (Å²) in [6, 6.07) is 26.7. The van der Waals surface area contributed by atoms with Crippen LogP contribution >= 0.6 is 0 Å². The van der Waals surface area contributed by atoms with Gasteiger partial charge in [-0.25, -0.2) is 0 Å². The molecule has 3 aromatic rings. The smallest absolute Gasteiger partial charge is 0.361 e. The highest BCUT2D eigenvalue weighted by Gasteiger charge is 2.20. The van der Waals surface area contributed by atoms with E-state index in [-0.39, 0.29) is 6.92 Å². The lowest BCUT2D eigenvalue weighted by Gasteiger charge is -2.15. The predicted octanol–water partition coefficient (Wildman–Crippen LogP) is 2.45. The summed E-state index contributed by atoms with van der Waals surface area (Å²) in [5.74, 6) is 0. The molecular formula is C19H18BNO. The van der Waals surface area contributed by atoms with Crippen molar-refractivity contribution >= 4 is 17.8 Å². The van der Waals surface area contributed by atoms with Crippen LogP contribution in [0.25, 0.3) is 0 Å². The van der Waals surface area contributed by atoms with Crippen molar-refractivity contribution in [2.24, 2.45) is 0 Å². The molecule has 0 saturated heterocycles. The first-order chi connectivity index (χ1) is 10.9. The van der Waals surface area contributed by atoms with Gasteiger partial charge in [0.1, 0.15) is 0 Å². The Kier molecular flexibility index (Phi) is 5.01. The lowest BCUT2D eigenvalue weighted by Crippen LogP contribution is -2.45. The Labute approximate surface area is 131 Å². The summed E-state index contributed by atoms with van der Waals surface area (Å²) in [6.45, 7) is 0.608. The van der Waals surface area contributed by atoms with Crippen molar-refractivity contribution in [3.63, 3.8) is 0 Å². The van der Waals surface area contributed by atoms with Crippen LogP contribution in [0.4, 0.5) is 0 Å². The van der Waals surface area contributed by atoms with Gasteiger partial charge in [0.05, 0.1) is 0 Å². The van der Waals surface area contributed by atoms with E-state index in [1.807, 2.05) is 60.8 Å². The Hall–Kier alpha value is -2.39. The Morgan fingerprint density at radius 1 is 0.727 bits per heavy atom. The van der Waals surface area contributed by atoms with Gasteiger partial charge < -0.3 is 4.65 Å². The molecule has 0 aliphatic heterocycles. The summed E-state index contributed by atoms with van der Waals surface area (Å²) in [5, 5.41) is 0. The summed E-state index contributed by atoms with van der Waals surface area (Å²) in [5.41, 5.74) is 3.41. The maximum Gasteiger partial charge on any atom is 0.361 e. The first kappa shape index (κ1) is 14.5. The van der Waals surface area contributed by atoms with Crippen LogP contribution in [0.1, 0.15) is 5.69 Å². The fourth-order valence-corrected chi connectivity index (χ4v) is 2.47. The van der Waals surface area contributed by atoms with Gasteiger partial charge in [0.15, 0.2) is 0 Å². The van der Waals surface area contributed by atoms with Gasteiger partial charge in [0.25, 0.3) is 0 Å². The second-order valence-corrected chi connectivity index (χ2v) is 5.14. The number of benzene rings is 2. The van der Waals surface area contributed by atoms with Crippen LogP contribution in [-0.4, -0.2) is 18.5 Å². The molecule has 3 heteroatoms. The normalized spacial score (nSPS) is 10.4. The molecule has 0 aliphatic rings. The molecule has 0 N–H and O–H groups in total. The van der Waals surface area contributed by atoms with Crippen molar-refractivity contribution in [3.05, 3.63) is 90.8 Å². The third-order valence-electron chi connectivity index (χ3n) is 3.57. The Morgan fingerprint density at radius 2 is 1.32 bits per heavy atom. The monoisotopic (exact) mass is 287 g/mol. The quantitative estimate of drug-likeness (QED) is 0.650. The highest BCUT2D eigenvalue weighted by Crippen LogP contribution is 1.99. The van der Waals surface area contributed by atoms with Crippen LogP contribution in [0.15, 0.2) is 85.1 Å². The molecule has 0 fully saturated rings. The average molecular weight is 287 g/mol. The van der Waals surface area contributed by atoms with Crippen molar-refractivity contribution in [1.82, 2.24) is 4.98 Å². The molecule has 1 heterocycles. The number of nitrogens with zero attached hydrogens (tertiary/aromatic N) is 1. The minimum Gasteiger partial charge on any atom is -0.426 e. The molecule has 0 amide bonds. The zero-order chi connectivity index (χ0) is 15.0. The van der Waals surface area contributed by atoms with Gasteiger partial charge in [0, 0.05) is 24.9 Å². The van der Waals surface area contributed by atoms with Crippen LogP contribution in [0.2, 0.25) is 0 Å². The first-order valence-corrected chi connectivity index (χ1v) is 7.55. The second-order valence-electron chi connectivity index (χ2n) is 5.14. The molecule has 0 unspecified atom stereocenters. The minimum atomic E-state index is -0.0360. The van der Waals surface area contributed by atoms with E-state index in [1.165, 1.54) is 10.9 Å². The standard InChI is InChI=1S/C19H18BNO/c1-3-9-17(10-4-1)20(18-11-5-2-6-12-18)22-16-14-19-13-7-8-15-21-19/h1-13,15H,14,16H2. The number of hydrogen-bond acceptors (Lipinski definition) is 2. The molecule has 0 saturated carbocycles. The molecule has 22 heavy (non-hydrogen) atoms. The third kappa shape index (κ3) is 3.83. The highest BCUT2D eigenvalue weighted by molar-refractivity contribution is 6.80. The Morgan fingerprint density at radius 3 is 1.86 bits per heavy atom. The van der Waals surface area contributed by atoms with Gasteiger partial charge >= 0.3 is 6.92 Å². The Balaban J connectivity index is 1.72. The topological polar surface area (TPSA) is 22.1 Å². The number of aromatic nitrogens is 1. The summed E-state index contributed by atoms with van der Waals surface area (Å²) in [4.78, 5) is 4.34. The summed E-state index contributed by atoms with van der Waals surface area (Å²) in [6.07, 6.45) is 2.64. The van der Waals surface area contributed by atoms with Crippen molar-refractivity contribution in [2.45, 2.75) is 6.42 Å². The van der Waals surface area contributed by atoms with E-state index in [2.05, 4.69) is 29.2 Å². The molecule has 108 valence electrons. The van der Waals surface area contributed by atoms with Gasteiger partial charge in [0.2, 0.25) is 0 Å². The lowest BCUT2D eigenvalue weighted by atomic mass is 9.55. The number of rotatable bonds is 6. The van der Waals surface area contributed by atoms with Crippen LogP contribution < -0.4 is 10.9 Å². The summed E-state index contributed by atoms with van der Waals surface area (Å²) >= 11 is 0. The molecule has 3 rings (SSSR count). The maximum absolute atomic E-state index is 6.18. The predicted molar refractivity (Wildman–Crippen MR) is 91.8 cm³/mol. The largest absolute Gasteiger partial charge is 0.426 e. The van der Waals surface area contributed by atoms with Crippen molar-refractivity contribution in [2.75, 3.05) is 6.61 Å². The molecule has 0 radical (unpaired) electrons. The fraction of sp³-hybridized carbons (Fsp3) is 0.105. The van der Waals surface area contributed by atoms with Crippen LogP contribution in [0.3, 0.4) is 0 Å². The number of hydrogen-bond donors (Lipinski definition) is 0. The first-order valence-electron chi connectivity index (χ1n) is 7.55. The Bertz CT molecular complexity index is 634. The number of pyridine rings is 1. The van der Waals surface area contributed by atoms with E-state index in [1.54, 1.807) is 0 Å². The van der Waals surface area contributed by atoms with Crippen molar-refractivity contribution in [3.8, 4) is 0 Å². The summed E-state index contributed by atoms with van der Waals surface area (Å²) < 4.78 is 6.18. The summed E-state index contributed by atoms with van der Waals surface area (Å²) in [7, 11) is 0. The molecule has 0 bridgehead atoms. The average Bonchev–Trinajstić information content (AvgIpc) is 2.61. The van der Waals surface area contributed by atoms with Gasteiger partial charge in [-0.2, -0.15) is 0 Å². The molecule has 2 aromatic carbocycles. The van der Waals surface area contributed by atoms with Gasteiger partial charge in [-0.05, 0) is 23.1 Å². The fourth-order valence-electron chi connectivity index (χ4n) is 2.47. The van der Waals surface area contributed by atoms with E-state index in [9.17, 15) is 0 Å². The van der Waals surface area contributed by atoms with Crippen LogP contribution in [0.5, 0.6) is 0 Å². The van der Waals surface area contributed by atoms with E-state index < -0.39 is 0 Å². The van der Waals surface area contributed by atoms with Crippen LogP contribution in [0, 0.1) is 0 Å².